The van der Waals surface area contributed by atoms with Gasteiger partial charge in [-0.25, -0.2) is 9.59 Å². The second kappa shape index (κ2) is 5.20. The highest BCUT2D eigenvalue weighted by atomic mass is 79.9. The first-order valence-electron chi connectivity index (χ1n) is 7.23. The van der Waals surface area contributed by atoms with Crippen molar-refractivity contribution in [1.29, 1.82) is 0 Å². The van der Waals surface area contributed by atoms with E-state index in [1.54, 1.807) is 7.05 Å². The average Bonchev–Trinajstić information content (AvgIpc) is 2.93. The number of nitrogens with one attached hydrogen (secondary N) is 2. The molecule has 0 amide bonds. The molecule has 2 aliphatic heterocycles. The minimum Gasteiger partial charge on any atom is -0.456 e. The van der Waals surface area contributed by atoms with E-state index in [2.05, 4.69) is 26.2 Å². The Morgan fingerprint density at radius 2 is 1.92 bits per heavy atom. The SMILES string of the molecule is Cn1c2c(c(=O)[nH]c1=O)[C@H](c1ccc(Br)cc1)C1=C(COC1=O)N2. The maximum atomic E-state index is 12.5. The molecule has 122 valence electrons. The van der Waals surface area contributed by atoms with Crippen molar-refractivity contribution in [2.24, 2.45) is 7.05 Å². The first-order chi connectivity index (χ1) is 11.5. The molecule has 4 rings (SSSR count). The Kier molecular flexibility index (Phi) is 3.24. The zero-order valence-corrected chi connectivity index (χ0v) is 14.1. The number of anilines is 1. The number of carbonyl (C=O) groups excluding carboxylic acids is 1. The first kappa shape index (κ1) is 14.9. The third kappa shape index (κ3) is 2.06. The third-order valence-corrected chi connectivity index (χ3v) is 4.83. The standard InChI is InChI=1S/C16H12BrN3O4/c1-20-13-12(14(21)19-16(20)23)10(7-2-4-8(17)5-3-7)11-9(18-13)6-24-15(11)22/h2-5,10,18H,6H2,1H3,(H,19,21,23)/t10-/m1/s1. The van der Waals surface area contributed by atoms with Gasteiger partial charge in [0.2, 0.25) is 0 Å². The quantitative estimate of drug-likeness (QED) is 0.714. The maximum Gasteiger partial charge on any atom is 0.337 e. The molecule has 24 heavy (non-hydrogen) atoms. The van der Waals surface area contributed by atoms with Crippen molar-refractivity contribution in [3.8, 4) is 0 Å². The van der Waals surface area contributed by atoms with E-state index in [1.165, 1.54) is 4.57 Å². The summed E-state index contributed by atoms with van der Waals surface area (Å²) < 4.78 is 7.35. The van der Waals surface area contributed by atoms with E-state index in [0.29, 0.717) is 22.7 Å². The molecule has 8 heteroatoms. The van der Waals surface area contributed by atoms with Gasteiger partial charge in [0.25, 0.3) is 5.56 Å². The average molecular weight is 390 g/mol. The number of nitrogens with zero attached hydrogens (tertiary/aromatic N) is 1. The number of ether oxygens (including phenoxy) is 1. The molecule has 0 unspecified atom stereocenters. The summed E-state index contributed by atoms with van der Waals surface area (Å²) in [6.45, 7) is 0.0988. The summed E-state index contributed by atoms with van der Waals surface area (Å²) in [6, 6.07) is 7.36. The summed E-state index contributed by atoms with van der Waals surface area (Å²) in [4.78, 5) is 38.9. The van der Waals surface area contributed by atoms with Gasteiger partial charge in [0.1, 0.15) is 12.4 Å². The Balaban J connectivity index is 2.04. The van der Waals surface area contributed by atoms with E-state index in [0.717, 1.165) is 10.0 Å². The van der Waals surface area contributed by atoms with Crippen LogP contribution in [-0.4, -0.2) is 22.1 Å². The number of hydrogen-bond donors (Lipinski definition) is 2. The number of fused-ring (bicyclic) bond motifs is 1. The summed E-state index contributed by atoms with van der Waals surface area (Å²) in [5.74, 6) is -0.659. The van der Waals surface area contributed by atoms with Crippen molar-refractivity contribution in [3.63, 3.8) is 0 Å². The first-order valence-corrected chi connectivity index (χ1v) is 8.02. The van der Waals surface area contributed by atoms with Crippen molar-refractivity contribution in [2.45, 2.75) is 5.92 Å². The highest BCUT2D eigenvalue weighted by Crippen LogP contribution is 2.42. The van der Waals surface area contributed by atoms with Crippen LogP contribution < -0.4 is 16.6 Å². The zero-order chi connectivity index (χ0) is 17.0. The molecule has 2 aliphatic rings. The fourth-order valence-corrected chi connectivity index (χ4v) is 3.41. The molecular formula is C16H12BrN3O4. The van der Waals surface area contributed by atoms with Gasteiger partial charge in [-0.1, -0.05) is 28.1 Å². The maximum absolute atomic E-state index is 12.5. The van der Waals surface area contributed by atoms with Gasteiger partial charge in [0.05, 0.1) is 22.8 Å². The van der Waals surface area contributed by atoms with Crippen LogP contribution in [0, 0.1) is 0 Å². The fraction of sp³-hybridized carbons (Fsp3) is 0.188. The predicted octanol–water partition coefficient (Wildman–Crippen LogP) is 1.20. The Hall–Kier alpha value is -2.61. The number of carbonyl (C=O) groups is 1. The number of halogens is 1. The van der Waals surface area contributed by atoms with Gasteiger partial charge >= 0.3 is 11.7 Å². The number of aromatic amines is 1. The molecule has 0 fully saturated rings. The van der Waals surface area contributed by atoms with E-state index in [4.69, 9.17) is 4.74 Å². The Morgan fingerprint density at radius 1 is 1.21 bits per heavy atom. The van der Waals surface area contributed by atoms with Crippen molar-refractivity contribution < 1.29 is 9.53 Å². The summed E-state index contributed by atoms with van der Waals surface area (Å²) in [6.07, 6.45) is 0. The van der Waals surface area contributed by atoms with Crippen LogP contribution in [0.3, 0.4) is 0 Å². The van der Waals surface area contributed by atoms with E-state index in [1.807, 2.05) is 24.3 Å². The molecule has 3 heterocycles. The Morgan fingerprint density at radius 3 is 2.62 bits per heavy atom. The van der Waals surface area contributed by atoms with Crippen LogP contribution in [0.4, 0.5) is 5.82 Å². The second-order valence-corrected chi connectivity index (χ2v) is 6.57. The van der Waals surface area contributed by atoms with Crippen LogP contribution in [0.25, 0.3) is 0 Å². The van der Waals surface area contributed by atoms with Crippen molar-refractivity contribution >= 4 is 27.7 Å². The summed E-state index contributed by atoms with van der Waals surface area (Å²) in [5, 5.41) is 3.02. The van der Waals surface area contributed by atoms with Crippen molar-refractivity contribution in [1.82, 2.24) is 9.55 Å². The lowest BCUT2D eigenvalue weighted by atomic mass is 9.83. The smallest absolute Gasteiger partial charge is 0.337 e. The van der Waals surface area contributed by atoms with Crippen molar-refractivity contribution in [3.05, 3.63) is 72.0 Å². The lowest BCUT2D eigenvalue weighted by Gasteiger charge is -2.27. The molecule has 1 atom stereocenters. The fourth-order valence-electron chi connectivity index (χ4n) is 3.14. The van der Waals surface area contributed by atoms with Gasteiger partial charge in [-0.2, -0.15) is 0 Å². The van der Waals surface area contributed by atoms with E-state index in [-0.39, 0.29) is 6.61 Å². The lowest BCUT2D eigenvalue weighted by molar-refractivity contribution is -0.136. The molecule has 0 radical (unpaired) electrons. The van der Waals surface area contributed by atoms with Crippen LogP contribution >= 0.6 is 15.9 Å². The number of rotatable bonds is 1. The Bertz CT molecular complexity index is 1020. The minimum absolute atomic E-state index is 0.0988. The monoisotopic (exact) mass is 389 g/mol. The topological polar surface area (TPSA) is 93.2 Å². The molecule has 2 aromatic rings. The largest absolute Gasteiger partial charge is 0.456 e. The molecular weight excluding hydrogens is 378 g/mol. The van der Waals surface area contributed by atoms with Gasteiger partial charge in [-0.05, 0) is 17.7 Å². The highest BCUT2D eigenvalue weighted by molar-refractivity contribution is 9.10. The number of hydrogen-bond acceptors (Lipinski definition) is 5. The van der Waals surface area contributed by atoms with Gasteiger partial charge in [-0.3, -0.25) is 14.3 Å². The van der Waals surface area contributed by atoms with Crippen LogP contribution in [0.2, 0.25) is 0 Å². The number of esters is 1. The number of aromatic nitrogens is 2. The molecule has 0 aliphatic carbocycles. The second-order valence-electron chi connectivity index (χ2n) is 5.66. The van der Waals surface area contributed by atoms with Crippen LogP contribution in [-0.2, 0) is 16.6 Å². The third-order valence-electron chi connectivity index (χ3n) is 4.30. The van der Waals surface area contributed by atoms with E-state index < -0.39 is 23.1 Å². The minimum atomic E-state index is -0.588. The number of H-pyrrole nitrogens is 1. The van der Waals surface area contributed by atoms with E-state index >= 15 is 0 Å². The number of cyclic esters (lactones) is 1. The van der Waals surface area contributed by atoms with Gasteiger partial charge in [0, 0.05) is 11.5 Å². The van der Waals surface area contributed by atoms with Crippen LogP contribution in [0.15, 0.2) is 49.6 Å². The molecule has 7 nitrogen and oxygen atoms in total. The lowest BCUT2D eigenvalue weighted by Crippen LogP contribution is -2.37. The van der Waals surface area contributed by atoms with Gasteiger partial charge in [0.15, 0.2) is 0 Å². The molecule has 0 spiro atoms. The van der Waals surface area contributed by atoms with Crippen molar-refractivity contribution in [2.75, 3.05) is 11.9 Å². The summed E-state index contributed by atoms with van der Waals surface area (Å²) >= 11 is 3.38. The van der Waals surface area contributed by atoms with E-state index in [9.17, 15) is 14.4 Å². The molecule has 0 bridgehead atoms. The predicted molar refractivity (Wildman–Crippen MR) is 89.9 cm³/mol. The van der Waals surface area contributed by atoms with Crippen LogP contribution in [0.1, 0.15) is 17.0 Å². The molecule has 2 N–H and O–H groups in total. The molecule has 1 aromatic heterocycles. The number of benzene rings is 1. The Labute approximate surface area is 144 Å². The normalized spacial score (nSPS) is 18.8. The molecule has 0 saturated carbocycles. The molecule has 1 aromatic carbocycles. The van der Waals surface area contributed by atoms with Crippen LogP contribution in [0.5, 0.6) is 0 Å². The van der Waals surface area contributed by atoms with Gasteiger partial charge in [-0.15, -0.1) is 0 Å². The summed E-state index contributed by atoms with van der Waals surface area (Å²) in [7, 11) is 1.56. The zero-order valence-electron chi connectivity index (χ0n) is 12.6. The summed E-state index contributed by atoms with van der Waals surface area (Å²) in [5.41, 5.74) is 1.07. The van der Waals surface area contributed by atoms with Gasteiger partial charge < -0.3 is 10.1 Å². The molecule has 0 saturated heterocycles. The highest BCUT2D eigenvalue weighted by Gasteiger charge is 2.40.